The standard InChI is InChI=1S/C16H15N3S/c1-18-13-10-6-7-11-14(13)19(2)16(18)15(20)17-12-8-4-3-5-9-12/h3-11H,1-2H3/p+1. The highest BCUT2D eigenvalue weighted by Gasteiger charge is 2.23. The summed E-state index contributed by atoms with van der Waals surface area (Å²) in [5, 5.41) is 3.29. The minimum absolute atomic E-state index is 0.720. The number of aryl methyl sites for hydroxylation is 2. The van der Waals surface area contributed by atoms with Crippen molar-refractivity contribution in [3.8, 4) is 0 Å². The maximum absolute atomic E-state index is 5.57. The Bertz CT molecular complexity index is 736. The number of thiocarbonyl (C=S) groups is 1. The number of para-hydroxylation sites is 3. The first kappa shape index (κ1) is 12.8. The number of fused-ring (bicyclic) bond motifs is 1. The average Bonchev–Trinajstić information content (AvgIpc) is 2.72. The topological polar surface area (TPSA) is 20.8 Å². The highest BCUT2D eigenvalue weighted by molar-refractivity contribution is 7.81. The predicted octanol–water partition coefficient (Wildman–Crippen LogP) is 2.79. The third kappa shape index (κ3) is 2.08. The molecular weight excluding hydrogens is 266 g/mol. The molecule has 3 rings (SSSR count). The van der Waals surface area contributed by atoms with Gasteiger partial charge in [-0.1, -0.05) is 42.5 Å². The van der Waals surface area contributed by atoms with E-state index >= 15 is 0 Å². The number of nitrogens with zero attached hydrogens (tertiary/aromatic N) is 2. The van der Waals surface area contributed by atoms with Gasteiger partial charge in [0.1, 0.15) is 0 Å². The molecule has 0 aliphatic rings. The lowest BCUT2D eigenvalue weighted by molar-refractivity contribution is -0.646. The summed E-state index contributed by atoms with van der Waals surface area (Å²) < 4.78 is 4.24. The molecule has 4 heteroatoms. The van der Waals surface area contributed by atoms with Crippen LogP contribution in [0.4, 0.5) is 5.69 Å². The Hall–Kier alpha value is -2.20. The van der Waals surface area contributed by atoms with Crippen molar-refractivity contribution in [2.45, 2.75) is 0 Å². The number of imidazole rings is 1. The minimum Gasteiger partial charge on any atom is -0.340 e. The fourth-order valence-electron chi connectivity index (χ4n) is 2.50. The van der Waals surface area contributed by atoms with Crippen molar-refractivity contribution >= 4 is 33.9 Å². The Balaban J connectivity index is 2.04. The lowest BCUT2D eigenvalue weighted by Crippen LogP contribution is -2.37. The van der Waals surface area contributed by atoms with Gasteiger partial charge in [-0.25, -0.2) is 9.13 Å². The highest BCUT2D eigenvalue weighted by Crippen LogP contribution is 2.14. The smallest absolute Gasteiger partial charge is 0.317 e. The number of benzene rings is 2. The van der Waals surface area contributed by atoms with Crippen LogP contribution in [-0.4, -0.2) is 9.56 Å². The van der Waals surface area contributed by atoms with Crippen LogP contribution in [0.1, 0.15) is 5.82 Å². The number of anilines is 1. The van der Waals surface area contributed by atoms with E-state index in [9.17, 15) is 0 Å². The number of rotatable bonds is 2. The van der Waals surface area contributed by atoms with Crippen molar-refractivity contribution in [3.63, 3.8) is 0 Å². The van der Waals surface area contributed by atoms with Gasteiger partial charge in [-0.3, -0.25) is 0 Å². The summed E-state index contributed by atoms with van der Waals surface area (Å²) in [6.07, 6.45) is 0. The summed E-state index contributed by atoms with van der Waals surface area (Å²) in [7, 11) is 4.08. The minimum atomic E-state index is 0.720. The van der Waals surface area contributed by atoms with Crippen molar-refractivity contribution in [1.29, 1.82) is 0 Å². The molecule has 0 amide bonds. The third-order valence-corrected chi connectivity index (χ3v) is 3.76. The third-order valence-electron chi connectivity index (χ3n) is 3.47. The zero-order chi connectivity index (χ0) is 14.1. The molecule has 0 saturated heterocycles. The molecule has 0 unspecified atom stereocenters. The van der Waals surface area contributed by atoms with Gasteiger partial charge in [0.15, 0.2) is 16.0 Å². The molecule has 2 aromatic carbocycles. The van der Waals surface area contributed by atoms with Crippen molar-refractivity contribution in [3.05, 3.63) is 60.4 Å². The molecule has 0 bridgehead atoms. The molecule has 20 heavy (non-hydrogen) atoms. The van der Waals surface area contributed by atoms with Gasteiger partial charge >= 0.3 is 5.82 Å². The average molecular weight is 282 g/mol. The van der Waals surface area contributed by atoms with Gasteiger partial charge in [-0.05, 0) is 24.3 Å². The SMILES string of the molecule is Cn1c(C(=S)Nc2ccccc2)[n+](C)c2ccccc21. The molecule has 0 radical (unpaired) electrons. The number of hydrogen-bond donors (Lipinski definition) is 1. The van der Waals surface area contributed by atoms with E-state index in [1.54, 1.807) is 0 Å². The van der Waals surface area contributed by atoms with E-state index in [2.05, 4.69) is 26.6 Å². The van der Waals surface area contributed by atoms with Gasteiger partial charge < -0.3 is 5.32 Å². The summed E-state index contributed by atoms with van der Waals surface area (Å²) >= 11 is 5.57. The van der Waals surface area contributed by atoms with Crippen molar-refractivity contribution < 1.29 is 4.57 Å². The maximum atomic E-state index is 5.57. The normalized spacial score (nSPS) is 10.7. The van der Waals surface area contributed by atoms with E-state index in [1.165, 1.54) is 11.0 Å². The summed E-state index contributed by atoms with van der Waals surface area (Å²) in [5.41, 5.74) is 3.34. The van der Waals surface area contributed by atoms with Crippen LogP contribution >= 0.6 is 12.2 Å². The van der Waals surface area contributed by atoms with Gasteiger partial charge in [-0.15, -0.1) is 0 Å². The van der Waals surface area contributed by atoms with Crippen LogP contribution < -0.4 is 9.88 Å². The highest BCUT2D eigenvalue weighted by atomic mass is 32.1. The second kappa shape index (κ2) is 5.06. The monoisotopic (exact) mass is 282 g/mol. The quantitative estimate of drug-likeness (QED) is 0.576. The van der Waals surface area contributed by atoms with Crippen LogP contribution in [0.15, 0.2) is 54.6 Å². The second-order valence-electron chi connectivity index (χ2n) is 4.75. The molecule has 0 spiro atoms. The van der Waals surface area contributed by atoms with Crippen molar-refractivity contribution in [1.82, 2.24) is 4.57 Å². The summed E-state index contributed by atoms with van der Waals surface area (Å²) in [4.78, 5) is 0.720. The molecular formula is C16H16N3S+. The van der Waals surface area contributed by atoms with Crippen LogP contribution in [0, 0.1) is 0 Å². The fraction of sp³-hybridized carbons (Fsp3) is 0.125. The lowest BCUT2D eigenvalue weighted by Gasteiger charge is -2.05. The number of nitrogens with one attached hydrogen (secondary N) is 1. The molecule has 0 saturated carbocycles. The van der Waals surface area contributed by atoms with E-state index in [1.807, 2.05) is 56.6 Å². The van der Waals surface area contributed by atoms with Gasteiger partial charge in [0.2, 0.25) is 0 Å². The maximum Gasteiger partial charge on any atom is 0.317 e. The second-order valence-corrected chi connectivity index (χ2v) is 5.16. The fourth-order valence-corrected chi connectivity index (χ4v) is 2.89. The number of aromatic nitrogens is 2. The zero-order valence-electron chi connectivity index (χ0n) is 11.5. The van der Waals surface area contributed by atoms with Crippen molar-refractivity contribution in [2.75, 3.05) is 5.32 Å². The first-order valence-corrected chi connectivity index (χ1v) is 6.89. The Kier molecular flexibility index (Phi) is 3.24. The Morgan fingerprint density at radius 3 is 2.40 bits per heavy atom. The largest absolute Gasteiger partial charge is 0.340 e. The molecule has 0 atom stereocenters. The predicted molar refractivity (Wildman–Crippen MR) is 85.9 cm³/mol. The first-order chi connectivity index (χ1) is 9.68. The molecule has 1 N–H and O–H groups in total. The molecule has 0 fully saturated rings. The Labute approximate surface area is 123 Å². The van der Waals surface area contributed by atoms with Crippen molar-refractivity contribution in [2.24, 2.45) is 14.1 Å². The molecule has 3 aromatic rings. The lowest BCUT2D eigenvalue weighted by atomic mass is 10.3. The van der Waals surface area contributed by atoms with E-state index in [0.717, 1.165) is 16.5 Å². The van der Waals surface area contributed by atoms with Crippen LogP contribution in [0.3, 0.4) is 0 Å². The molecule has 0 aliphatic carbocycles. The molecule has 1 aromatic heterocycles. The van der Waals surface area contributed by atoms with Gasteiger partial charge in [0.25, 0.3) is 0 Å². The molecule has 0 aliphatic heterocycles. The first-order valence-electron chi connectivity index (χ1n) is 6.48. The summed E-state index contributed by atoms with van der Waals surface area (Å²) in [5.74, 6) is 0.991. The molecule has 100 valence electrons. The van der Waals surface area contributed by atoms with E-state index in [0.29, 0.717) is 0 Å². The Morgan fingerprint density at radius 1 is 1.05 bits per heavy atom. The van der Waals surface area contributed by atoms with Crippen LogP contribution in [0.5, 0.6) is 0 Å². The van der Waals surface area contributed by atoms with E-state index < -0.39 is 0 Å². The zero-order valence-corrected chi connectivity index (χ0v) is 12.3. The van der Waals surface area contributed by atoms with Crippen LogP contribution in [0.2, 0.25) is 0 Å². The van der Waals surface area contributed by atoms with Gasteiger partial charge in [-0.2, -0.15) is 0 Å². The Morgan fingerprint density at radius 2 is 1.70 bits per heavy atom. The van der Waals surface area contributed by atoms with Gasteiger partial charge in [0, 0.05) is 5.69 Å². The van der Waals surface area contributed by atoms with E-state index in [4.69, 9.17) is 12.2 Å². The van der Waals surface area contributed by atoms with Crippen LogP contribution in [-0.2, 0) is 14.1 Å². The summed E-state index contributed by atoms with van der Waals surface area (Å²) in [6, 6.07) is 18.3. The van der Waals surface area contributed by atoms with Crippen LogP contribution in [0.25, 0.3) is 11.0 Å². The molecule has 1 heterocycles. The molecule has 3 nitrogen and oxygen atoms in total. The summed E-state index contributed by atoms with van der Waals surface area (Å²) in [6.45, 7) is 0. The van der Waals surface area contributed by atoms with Gasteiger partial charge in [0.05, 0.1) is 14.1 Å². The number of hydrogen-bond acceptors (Lipinski definition) is 1. The van der Waals surface area contributed by atoms with E-state index in [-0.39, 0.29) is 0 Å².